The molecule has 0 aliphatic heterocycles. The largest absolute Gasteiger partial charge is 0.416 e. The van der Waals surface area contributed by atoms with Gasteiger partial charge < -0.3 is 15.2 Å². The Labute approximate surface area is 137 Å². The Morgan fingerprint density at radius 3 is 2.50 bits per heavy atom. The minimum absolute atomic E-state index is 0.232. The third-order valence-corrected chi connectivity index (χ3v) is 3.31. The molecule has 2 rings (SSSR count). The van der Waals surface area contributed by atoms with Crippen LogP contribution in [0, 0.1) is 6.92 Å². The molecular weight excluding hydrogens is 323 g/mol. The Kier molecular flexibility index (Phi) is 5.48. The highest BCUT2D eigenvalue weighted by atomic mass is 19.4. The summed E-state index contributed by atoms with van der Waals surface area (Å²) in [6.07, 6.45) is -3.92. The predicted octanol–water partition coefficient (Wildman–Crippen LogP) is 3.43. The Morgan fingerprint density at radius 2 is 1.96 bits per heavy atom. The zero-order chi connectivity index (χ0) is 17.7. The first-order valence-corrected chi connectivity index (χ1v) is 7.37. The van der Waals surface area contributed by atoms with Gasteiger partial charge in [-0.05, 0) is 38.0 Å². The number of amides is 2. The second-order valence-electron chi connectivity index (χ2n) is 5.56. The monoisotopic (exact) mass is 341 g/mol. The molecule has 0 bridgehead atoms. The summed E-state index contributed by atoms with van der Waals surface area (Å²) in [6.45, 7) is 3.76. The Hall–Kier alpha value is -2.51. The van der Waals surface area contributed by atoms with Crippen molar-refractivity contribution in [3.05, 3.63) is 52.9 Å². The van der Waals surface area contributed by atoms with E-state index in [1.807, 2.05) is 0 Å². The number of aromatic nitrogens is 1. The second-order valence-corrected chi connectivity index (χ2v) is 5.56. The van der Waals surface area contributed by atoms with Crippen LogP contribution in [0.3, 0.4) is 0 Å². The summed E-state index contributed by atoms with van der Waals surface area (Å²) in [5.41, 5.74) is 0.633. The molecule has 0 unspecified atom stereocenters. The van der Waals surface area contributed by atoms with E-state index >= 15 is 0 Å². The average molecular weight is 341 g/mol. The Morgan fingerprint density at radius 1 is 1.29 bits per heavy atom. The highest BCUT2D eigenvalue weighted by molar-refractivity contribution is 5.74. The van der Waals surface area contributed by atoms with E-state index in [1.165, 1.54) is 12.1 Å². The molecule has 1 aromatic heterocycles. The van der Waals surface area contributed by atoms with E-state index in [4.69, 9.17) is 4.52 Å². The fourth-order valence-corrected chi connectivity index (χ4v) is 2.18. The molecule has 5 nitrogen and oxygen atoms in total. The van der Waals surface area contributed by atoms with E-state index < -0.39 is 11.7 Å². The van der Waals surface area contributed by atoms with Gasteiger partial charge in [0.2, 0.25) is 0 Å². The summed E-state index contributed by atoms with van der Waals surface area (Å²) in [7, 11) is 0. The molecule has 0 aliphatic carbocycles. The van der Waals surface area contributed by atoms with Crippen LogP contribution < -0.4 is 10.6 Å². The summed E-state index contributed by atoms with van der Waals surface area (Å²) in [4.78, 5) is 11.8. The fourth-order valence-electron chi connectivity index (χ4n) is 2.18. The molecule has 130 valence electrons. The van der Waals surface area contributed by atoms with Crippen molar-refractivity contribution in [2.75, 3.05) is 0 Å². The second kappa shape index (κ2) is 7.37. The summed E-state index contributed by atoms with van der Waals surface area (Å²) in [5, 5.41) is 9.11. The number of rotatable bonds is 5. The molecule has 0 aliphatic rings. The van der Waals surface area contributed by atoms with Crippen molar-refractivity contribution >= 4 is 6.03 Å². The van der Waals surface area contributed by atoms with Crippen LogP contribution in [0.4, 0.5) is 18.0 Å². The number of carbonyl (C=O) groups excluding carboxylic acids is 1. The van der Waals surface area contributed by atoms with Crippen molar-refractivity contribution < 1.29 is 22.5 Å². The lowest BCUT2D eigenvalue weighted by atomic mass is 10.1. The summed E-state index contributed by atoms with van der Waals surface area (Å²) in [6, 6.07) is 6.00. The van der Waals surface area contributed by atoms with Gasteiger partial charge in [-0.1, -0.05) is 17.3 Å². The lowest BCUT2D eigenvalue weighted by Crippen LogP contribution is -2.41. The molecule has 0 radical (unpaired) electrons. The normalized spacial score (nSPS) is 12.7. The van der Waals surface area contributed by atoms with Gasteiger partial charge in [0.15, 0.2) is 0 Å². The van der Waals surface area contributed by atoms with Crippen molar-refractivity contribution in [2.45, 2.75) is 39.0 Å². The summed E-state index contributed by atoms with van der Waals surface area (Å²) < 4.78 is 42.4. The number of nitrogens with one attached hydrogen (secondary N) is 2. The molecule has 0 fully saturated rings. The maximum Gasteiger partial charge on any atom is 0.416 e. The number of hydrogen-bond donors (Lipinski definition) is 2. The Bertz CT molecular complexity index is 681. The first-order chi connectivity index (χ1) is 11.2. The van der Waals surface area contributed by atoms with Gasteiger partial charge in [-0.25, -0.2) is 4.79 Å². The maximum atomic E-state index is 12.5. The molecule has 0 saturated carbocycles. The third kappa shape index (κ3) is 5.29. The van der Waals surface area contributed by atoms with E-state index in [0.29, 0.717) is 23.4 Å². The molecule has 2 amide bonds. The molecule has 8 heteroatoms. The van der Waals surface area contributed by atoms with Crippen molar-refractivity contribution in [3.8, 4) is 0 Å². The van der Waals surface area contributed by atoms with Gasteiger partial charge in [0.1, 0.15) is 11.5 Å². The van der Waals surface area contributed by atoms with E-state index in [1.54, 1.807) is 19.9 Å². The number of urea groups is 1. The van der Waals surface area contributed by atoms with E-state index in [9.17, 15) is 18.0 Å². The highest BCUT2D eigenvalue weighted by Crippen LogP contribution is 2.29. The van der Waals surface area contributed by atoms with Crippen LogP contribution in [0.5, 0.6) is 0 Å². The minimum atomic E-state index is -4.35. The molecule has 1 aromatic carbocycles. The smallest absolute Gasteiger partial charge is 0.361 e. The van der Waals surface area contributed by atoms with Crippen LogP contribution in [-0.2, 0) is 19.1 Å². The third-order valence-electron chi connectivity index (χ3n) is 3.31. The van der Waals surface area contributed by atoms with Crippen molar-refractivity contribution in [2.24, 2.45) is 0 Å². The molecule has 24 heavy (non-hydrogen) atoms. The topological polar surface area (TPSA) is 67.2 Å². The zero-order valence-corrected chi connectivity index (χ0v) is 13.3. The standard InChI is InChI=1S/C16H18F3N3O2/c1-10(7-12-3-5-13(6-4-12)16(17,18)19)21-15(23)20-9-14-8-11(2)24-22-14/h3-6,8,10H,7,9H2,1-2H3,(H2,20,21,23)/t10-/m0/s1. The fraction of sp³-hybridized carbons (Fsp3) is 0.375. The number of carbonyl (C=O) groups is 1. The van der Waals surface area contributed by atoms with Crippen LogP contribution in [0.25, 0.3) is 0 Å². The lowest BCUT2D eigenvalue weighted by Gasteiger charge is -2.15. The van der Waals surface area contributed by atoms with Crippen LogP contribution in [0.2, 0.25) is 0 Å². The van der Waals surface area contributed by atoms with E-state index in [0.717, 1.165) is 12.1 Å². The molecule has 2 N–H and O–H groups in total. The number of nitrogens with zero attached hydrogens (tertiary/aromatic N) is 1. The SMILES string of the molecule is Cc1cc(CNC(=O)N[C@@H](C)Cc2ccc(C(F)(F)F)cc2)no1. The quantitative estimate of drug-likeness (QED) is 0.875. The lowest BCUT2D eigenvalue weighted by molar-refractivity contribution is -0.137. The summed E-state index contributed by atoms with van der Waals surface area (Å²) >= 11 is 0. The van der Waals surface area contributed by atoms with Crippen LogP contribution in [0.15, 0.2) is 34.9 Å². The van der Waals surface area contributed by atoms with Crippen LogP contribution in [-0.4, -0.2) is 17.2 Å². The van der Waals surface area contributed by atoms with Crippen molar-refractivity contribution in [1.82, 2.24) is 15.8 Å². The van der Waals surface area contributed by atoms with Gasteiger partial charge >= 0.3 is 12.2 Å². The van der Waals surface area contributed by atoms with Gasteiger partial charge in [0, 0.05) is 12.1 Å². The van der Waals surface area contributed by atoms with Gasteiger partial charge in [-0.3, -0.25) is 0 Å². The first-order valence-electron chi connectivity index (χ1n) is 7.37. The number of aryl methyl sites for hydroxylation is 1. The van der Waals surface area contributed by atoms with Crippen molar-refractivity contribution in [1.29, 1.82) is 0 Å². The van der Waals surface area contributed by atoms with Crippen molar-refractivity contribution in [3.63, 3.8) is 0 Å². The number of benzene rings is 1. The minimum Gasteiger partial charge on any atom is -0.361 e. The van der Waals surface area contributed by atoms with Gasteiger partial charge in [-0.15, -0.1) is 0 Å². The highest BCUT2D eigenvalue weighted by Gasteiger charge is 2.29. The van der Waals surface area contributed by atoms with E-state index in [-0.39, 0.29) is 18.6 Å². The zero-order valence-electron chi connectivity index (χ0n) is 13.3. The number of alkyl halides is 3. The predicted molar refractivity (Wildman–Crippen MR) is 81.2 cm³/mol. The number of hydrogen-bond acceptors (Lipinski definition) is 3. The number of halogens is 3. The summed E-state index contributed by atoms with van der Waals surface area (Å²) in [5.74, 6) is 0.655. The molecule has 2 aromatic rings. The average Bonchev–Trinajstić information content (AvgIpc) is 2.90. The Balaban J connectivity index is 1.79. The first kappa shape index (κ1) is 17.8. The van der Waals surface area contributed by atoms with Gasteiger partial charge in [0.25, 0.3) is 0 Å². The molecule has 1 atom stereocenters. The molecule has 0 saturated heterocycles. The van der Waals surface area contributed by atoms with Gasteiger partial charge in [-0.2, -0.15) is 13.2 Å². The van der Waals surface area contributed by atoms with Gasteiger partial charge in [0.05, 0.1) is 12.1 Å². The van der Waals surface area contributed by atoms with Crippen LogP contribution in [0.1, 0.15) is 29.5 Å². The molecule has 1 heterocycles. The maximum absolute atomic E-state index is 12.5. The van der Waals surface area contributed by atoms with Crippen LogP contribution >= 0.6 is 0 Å². The molecular formula is C16H18F3N3O2. The van der Waals surface area contributed by atoms with E-state index in [2.05, 4.69) is 15.8 Å². The molecule has 0 spiro atoms.